The molecular weight excluding hydrogens is 290 g/mol. The molecule has 18 heavy (non-hydrogen) atoms. The minimum Gasteiger partial charge on any atom is -0.319 e. The SMILES string of the molecule is CCCC(C)(CNC)Cc1c(Br)c(CC)nn1C. The van der Waals surface area contributed by atoms with Crippen LogP contribution in [-0.2, 0) is 19.9 Å². The molecule has 1 aromatic heterocycles. The quantitative estimate of drug-likeness (QED) is 0.836. The normalized spacial score (nSPS) is 14.8. The average Bonchev–Trinajstić information content (AvgIpc) is 2.57. The van der Waals surface area contributed by atoms with Crippen LogP contribution in [0.15, 0.2) is 4.47 Å². The summed E-state index contributed by atoms with van der Waals surface area (Å²) in [5.74, 6) is 0. The van der Waals surface area contributed by atoms with Crippen LogP contribution in [0.1, 0.15) is 45.0 Å². The molecule has 1 rings (SSSR count). The number of nitrogens with one attached hydrogen (secondary N) is 1. The fraction of sp³-hybridized carbons (Fsp3) is 0.786. The van der Waals surface area contributed by atoms with Crippen molar-refractivity contribution in [3.63, 3.8) is 0 Å². The van der Waals surface area contributed by atoms with E-state index in [0.29, 0.717) is 5.41 Å². The molecule has 4 heteroatoms. The lowest BCUT2D eigenvalue weighted by Crippen LogP contribution is -2.32. The highest BCUT2D eigenvalue weighted by molar-refractivity contribution is 9.10. The lowest BCUT2D eigenvalue weighted by Gasteiger charge is -2.29. The van der Waals surface area contributed by atoms with Crippen molar-refractivity contribution in [2.45, 2.75) is 46.5 Å². The first kappa shape index (κ1) is 15.7. The highest BCUT2D eigenvalue weighted by Crippen LogP contribution is 2.32. The third kappa shape index (κ3) is 3.58. The summed E-state index contributed by atoms with van der Waals surface area (Å²) in [5, 5.41) is 7.91. The Kier molecular flexibility index (Phi) is 5.86. The van der Waals surface area contributed by atoms with Crippen LogP contribution in [0.2, 0.25) is 0 Å². The van der Waals surface area contributed by atoms with Crippen molar-refractivity contribution in [1.29, 1.82) is 0 Å². The van der Waals surface area contributed by atoms with E-state index >= 15 is 0 Å². The molecule has 104 valence electrons. The third-order valence-corrected chi connectivity index (χ3v) is 4.47. The van der Waals surface area contributed by atoms with Gasteiger partial charge in [-0.25, -0.2) is 0 Å². The molecule has 1 unspecified atom stereocenters. The Hall–Kier alpha value is -0.350. The molecule has 0 spiro atoms. The number of hydrogen-bond acceptors (Lipinski definition) is 2. The number of hydrogen-bond donors (Lipinski definition) is 1. The number of nitrogens with zero attached hydrogens (tertiary/aromatic N) is 2. The average molecular weight is 316 g/mol. The Labute approximate surface area is 119 Å². The Bertz CT molecular complexity index is 379. The smallest absolute Gasteiger partial charge is 0.0766 e. The number of aryl methyl sites for hydroxylation is 2. The molecule has 0 aliphatic carbocycles. The minimum atomic E-state index is 0.296. The first-order chi connectivity index (χ1) is 8.47. The lowest BCUT2D eigenvalue weighted by molar-refractivity contribution is 0.276. The zero-order valence-electron chi connectivity index (χ0n) is 12.3. The van der Waals surface area contributed by atoms with Crippen LogP contribution < -0.4 is 5.32 Å². The van der Waals surface area contributed by atoms with Gasteiger partial charge in [0.05, 0.1) is 15.9 Å². The highest BCUT2D eigenvalue weighted by atomic mass is 79.9. The van der Waals surface area contributed by atoms with Gasteiger partial charge in [-0.1, -0.05) is 27.2 Å². The summed E-state index contributed by atoms with van der Waals surface area (Å²) in [4.78, 5) is 0. The molecular formula is C14H26BrN3. The lowest BCUT2D eigenvalue weighted by atomic mass is 9.81. The summed E-state index contributed by atoms with van der Waals surface area (Å²) in [6, 6.07) is 0. The Morgan fingerprint density at radius 3 is 2.50 bits per heavy atom. The molecule has 0 amide bonds. The molecule has 0 radical (unpaired) electrons. The van der Waals surface area contributed by atoms with Gasteiger partial charge >= 0.3 is 0 Å². The van der Waals surface area contributed by atoms with Crippen molar-refractivity contribution >= 4 is 15.9 Å². The number of halogens is 1. The van der Waals surface area contributed by atoms with E-state index in [9.17, 15) is 0 Å². The van der Waals surface area contributed by atoms with Crippen LogP contribution in [0, 0.1) is 5.41 Å². The van der Waals surface area contributed by atoms with Crippen molar-refractivity contribution in [2.24, 2.45) is 12.5 Å². The molecule has 0 saturated carbocycles. The zero-order valence-corrected chi connectivity index (χ0v) is 13.9. The van der Waals surface area contributed by atoms with E-state index in [1.165, 1.54) is 23.0 Å². The van der Waals surface area contributed by atoms with Crippen LogP contribution in [-0.4, -0.2) is 23.4 Å². The van der Waals surface area contributed by atoms with Gasteiger partial charge in [0.15, 0.2) is 0 Å². The second-order valence-corrected chi connectivity index (χ2v) is 6.25. The maximum absolute atomic E-state index is 4.58. The van der Waals surface area contributed by atoms with Crippen LogP contribution >= 0.6 is 15.9 Å². The molecule has 0 bridgehead atoms. The molecule has 0 aliphatic heterocycles. The zero-order chi connectivity index (χ0) is 13.8. The van der Waals surface area contributed by atoms with E-state index in [0.717, 1.165) is 25.1 Å². The molecule has 3 nitrogen and oxygen atoms in total. The Morgan fingerprint density at radius 1 is 1.39 bits per heavy atom. The van der Waals surface area contributed by atoms with Gasteiger partial charge in [0.25, 0.3) is 0 Å². The van der Waals surface area contributed by atoms with Gasteiger partial charge in [-0.15, -0.1) is 0 Å². The summed E-state index contributed by atoms with van der Waals surface area (Å²) >= 11 is 3.71. The van der Waals surface area contributed by atoms with Gasteiger partial charge in [-0.2, -0.15) is 5.10 Å². The summed E-state index contributed by atoms with van der Waals surface area (Å²) < 4.78 is 3.23. The first-order valence-corrected chi connectivity index (χ1v) is 7.61. The van der Waals surface area contributed by atoms with Crippen molar-refractivity contribution < 1.29 is 0 Å². The molecule has 1 N–H and O–H groups in total. The molecule has 0 aromatic carbocycles. The van der Waals surface area contributed by atoms with Gasteiger partial charge in [0.2, 0.25) is 0 Å². The maximum atomic E-state index is 4.58. The van der Waals surface area contributed by atoms with E-state index in [2.05, 4.69) is 47.1 Å². The van der Waals surface area contributed by atoms with E-state index < -0.39 is 0 Å². The van der Waals surface area contributed by atoms with Crippen molar-refractivity contribution in [3.05, 3.63) is 15.9 Å². The predicted octanol–water partition coefficient (Wildman–Crippen LogP) is 3.31. The fourth-order valence-corrected chi connectivity index (χ4v) is 3.44. The predicted molar refractivity (Wildman–Crippen MR) is 80.9 cm³/mol. The molecule has 1 heterocycles. The summed E-state index contributed by atoms with van der Waals surface area (Å²) in [6.45, 7) is 7.80. The minimum absolute atomic E-state index is 0.296. The molecule has 1 aromatic rings. The summed E-state index contributed by atoms with van der Waals surface area (Å²) in [7, 11) is 4.08. The van der Waals surface area contributed by atoms with E-state index in [1.807, 2.05) is 18.8 Å². The van der Waals surface area contributed by atoms with Crippen molar-refractivity contribution in [2.75, 3.05) is 13.6 Å². The van der Waals surface area contributed by atoms with Gasteiger partial charge in [0.1, 0.15) is 0 Å². The van der Waals surface area contributed by atoms with Crippen LogP contribution in [0.4, 0.5) is 0 Å². The summed E-state index contributed by atoms with van der Waals surface area (Å²) in [5.41, 5.74) is 2.78. The van der Waals surface area contributed by atoms with Gasteiger partial charge in [0, 0.05) is 13.6 Å². The van der Waals surface area contributed by atoms with Crippen LogP contribution in [0.25, 0.3) is 0 Å². The molecule has 0 fully saturated rings. The standard InChI is InChI=1S/C14H26BrN3/c1-6-8-14(3,10-16-4)9-12-13(15)11(7-2)17-18(12)5/h16H,6-10H2,1-5H3. The highest BCUT2D eigenvalue weighted by Gasteiger charge is 2.26. The topological polar surface area (TPSA) is 29.9 Å². The second-order valence-electron chi connectivity index (χ2n) is 5.45. The third-order valence-electron chi connectivity index (χ3n) is 3.55. The Morgan fingerprint density at radius 2 is 2.06 bits per heavy atom. The van der Waals surface area contributed by atoms with Crippen molar-refractivity contribution in [1.82, 2.24) is 15.1 Å². The maximum Gasteiger partial charge on any atom is 0.0766 e. The van der Waals surface area contributed by atoms with Gasteiger partial charge < -0.3 is 5.32 Å². The van der Waals surface area contributed by atoms with Crippen LogP contribution in [0.5, 0.6) is 0 Å². The van der Waals surface area contributed by atoms with E-state index in [1.54, 1.807) is 0 Å². The number of aromatic nitrogens is 2. The van der Waals surface area contributed by atoms with Gasteiger partial charge in [-0.05, 0) is 47.7 Å². The van der Waals surface area contributed by atoms with E-state index in [4.69, 9.17) is 0 Å². The largest absolute Gasteiger partial charge is 0.319 e. The monoisotopic (exact) mass is 315 g/mol. The van der Waals surface area contributed by atoms with E-state index in [-0.39, 0.29) is 0 Å². The molecule has 1 atom stereocenters. The molecule has 0 saturated heterocycles. The van der Waals surface area contributed by atoms with Crippen LogP contribution in [0.3, 0.4) is 0 Å². The second kappa shape index (κ2) is 6.71. The molecule has 0 aliphatic rings. The number of rotatable bonds is 7. The summed E-state index contributed by atoms with van der Waals surface area (Å²) in [6.07, 6.45) is 4.48. The first-order valence-electron chi connectivity index (χ1n) is 6.82. The van der Waals surface area contributed by atoms with Gasteiger partial charge in [-0.3, -0.25) is 4.68 Å². The Balaban J connectivity index is 2.96. The fourth-order valence-electron chi connectivity index (χ4n) is 2.69. The van der Waals surface area contributed by atoms with Crippen molar-refractivity contribution in [3.8, 4) is 0 Å².